The van der Waals surface area contributed by atoms with Gasteiger partial charge in [0.15, 0.2) is 11.5 Å². The largest absolute Gasteiger partial charge is 0.497 e. The highest BCUT2D eigenvalue weighted by Gasteiger charge is 2.18. The van der Waals surface area contributed by atoms with E-state index in [4.69, 9.17) is 18.9 Å². The van der Waals surface area contributed by atoms with E-state index in [1.54, 1.807) is 21.1 Å². The predicted molar refractivity (Wildman–Crippen MR) is 113 cm³/mol. The van der Waals surface area contributed by atoms with Gasteiger partial charge in [-0.2, -0.15) is 0 Å². The third-order valence-corrected chi connectivity index (χ3v) is 5.02. The number of pyridine rings is 1. The van der Waals surface area contributed by atoms with Crippen LogP contribution in [0.4, 0.5) is 0 Å². The molecular formula is C23H26N2O5. The summed E-state index contributed by atoms with van der Waals surface area (Å²) in [4.78, 5) is 6.82. The summed E-state index contributed by atoms with van der Waals surface area (Å²) in [6.45, 7) is 3.77. The fraction of sp³-hybridized carbons (Fsp3) is 0.348. The van der Waals surface area contributed by atoms with Gasteiger partial charge in [-0.3, -0.25) is 4.90 Å². The minimum atomic E-state index is -0.470. The summed E-state index contributed by atoms with van der Waals surface area (Å²) in [5.41, 5.74) is 2.85. The van der Waals surface area contributed by atoms with Gasteiger partial charge in [0.1, 0.15) is 5.75 Å². The van der Waals surface area contributed by atoms with Crippen LogP contribution in [0.25, 0.3) is 10.9 Å². The molecule has 30 heavy (non-hydrogen) atoms. The second kappa shape index (κ2) is 8.77. The molecule has 2 heterocycles. The van der Waals surface area contributed by atoms with Gasteiger partial charge in [0.05, 0.1) is 25.8 Å². The SMILES string of the molecule is COc1ccc2cc(CN(Cc3ccc4c(c3)OCO4)C[C@H](C)O)c(OC)nc2c1. The van der Waals surface area contributed by atoms with Gasteiger partial charge in [0.2, 0.25) is 12.7 Å². The molecule has 4 rings (SSSR count). The molecule has 0 bridgehead atoms. The number of rotatable bonds is 8. The van der Waals surface area contributed by atoms with Crippen LogP contribution in [0.3, 0.4) is 0 Å². The molecule has 0 fully saturated rings. The minimum Gasteiger partial charge on any atom is -0.497 e. The molecule has 158 valence electrons. The summed E-state index contributed by atoms with van der Waals surface area (Å²) in [5, 5.41) is 11.0. The Balaban J connectivity index is 1.61. The number of benzene rings is 2. The second-order valence-corrected chi connectivity index (χ2v) is 7.42. The molecule has 0 saturated heterocycles. The van der Waals surface area contributed by atoms with Crippen LogP contribution < -0.4 is 18.9 Å². The molecule has 7 heteroatoms. The van der Waals surface area contributed by atoms with E-state index in [1.807, 2.05) is 36.4 Å². The first-order valence-corrected chi connectivity index (χ1v) is 9.86. The molecule has 2 aromatic carbocycles. The summed E-state index contributed by atoms with van der Waals surface area (Å²) < 4.78 is 21.8. The lowest BCUT2D eigenvalue weighted by atomic mass is 10.1. The van der Waals surface area contributed by atoms with Crippen molar-refractivity contribution < 1.29 is 24.1 Å². The molecule has 1 aliphatic heterocycles. The zero-order valence-electron chi connectivity index (χ0n) is 17.4. The molecule has 0 saturated carbocycles. The van der Waals surface area contributed by atoms with E-state index in [0.29, 0.717) is 25.5 Å². The molecular weight excluding hydrogens is 384 g/mol. The van der Waals surface area contributed by atoms with Gasteiger partial charge in [0, 0.05) is 36.7 Å². The Morgan fingerprint density at radius 3 is 2.63 bits per heavy atom. The number of aliphatic hydroxyl groups is 1. The molecule has 1 atom stereocenters. The predicted octanol–water partition coefficient (Wildman–Crippen LogP) is 3.36. The first-order chi connectivity index (χ1) is 14.6. The van der Waals surface area contributed by atoms with Crippen molar-refractivity contribution in [2.24, 2.45) is 0 Å². The molecule has 0 amide bonds. The topological polar surface area (TPSA) is 73.3 Å². The highest BCUT2D eigenvalue weighted by molar-refractivity contribution is 5.81. The van der Waals surface area contributed by atoms with Gasteiger partial charge in [0.25, 0.3) is 0 Å². The number of hydrogen-bond donors (Lipinski definition) is 1. The van der Waals surface area contributed by atoms with Gasteiger partial charge in [-0.05, 0) is 42.8 Å². The molecule has 1 aromatic heterocycles. The van der Waals surface area contributed by atoms with Crippen LogP contribution in [0, 0.1) is 0 Å². The van der Waals surface area contributed by atoms with Crippen molar-refractivity contribution in [3.8, 4) is 23.1 Å². The average molecular weight is 410 g/mol. The first-order valence-electron chi connectivity index (χ1n) is 9.86. The van der Waals surface area contributed by atoms with Crippen LogP contribution in [0.5, 0.6) is 23.1 Å². The molecule has 0 unspecified atom stereocenters. The summed E-state index contributed by atoms with van der Waals surface area (Å²) in [5.74, 6) is 2.83. The maximum absolute atomic E-state index is 10.0. The first kappa shape index (κ1) is 20.3. The number of aliphatic hydroxyl groups excluding tert-OH is 1. The lowest BCUT2D eigenvalue weighted by Gasteiger charge is -2.25. The Morgan fingerprint density at radius 1 is 1.03 bits per heavy atom. The number of ether oxygens (including phenoxy) is 4. The number of fused-ring (bicyclic) bond motifs is 2. The molecule has 7 nitrogen and oxygen atoms in total. The number of nitrogens with zero attached hydrogens (tertiary/aromatic N) is 2. The van der Waals surface area contributed by atoms with E-state index in [2.05, 4.69) is 16.0 Å². The van der Waals surface area contributed by atoms with Crippen LogP contribution in [-0.4, -0.2) is 48.7 Å². The van der Waals surface area contributed by atoms with Crippen LogP contribution >= 0.6 is 0 Å². The fourth-order valence-corrected chi connectivity index (χ4v) is 3.69. The van der Waals surface area contributed by atoms with Crippen LogP contribution in [0.15, 0.2) is 42.5 Å². The third-order valence-electron chi connectivity index (χ3n) is 5.02. The van der Waals surface area contributed by atoms with Crippen LogP contribution in [0.2, 0.25) is 0 Å². The number of aromatic nitrogens is 1. The van der Waals surface area contributed by atoms with E-state index in [0.717, 1.165) is 39.3 Å². The summed E-state index contributed by atoms with van der Waals surface area (Å²) in [6.07, 6.45) is -0.470. The summed E-state index contributed by atoms with van der Waals surface area (Å²) in [6, 6.07) is 13.8. The van der Waals surface area contributed by atoms with E-state index in [1.165, 1.54) is 0 Å². The Labute approximate surface area is 175 Å². The molecule has 3 aromatic rings. The Bertz CT molecular complexity index is 1040. The quantitative estimate of drug-likeness (QED) is 0.610. The van der Waals surface area contributed by atoms with Gasteiger partial charge in [-0.25, -0.2) is 4.98 Å². The fourth-order valence-electron chi connectivity index (χ4n) is 3.69. The average Bonchev–Trinajstić information content (AvgIpc) is 3.20. The van der Waals surface area contributed by atoms with Crippen LogP contribution in [-0.2, 0) is 13.1 Å². The standard InChI is InChI=1S/C23H26N2O5/c1-15(26)11-25(12-16-4-7-21-22(8-16)30-14-29-21)13-18-9-17-5-6-19(27-2)10-20(17)24-23(18)28-3/h4-10,15,26H,11-14H2,1-3H3/t15-/m0/s1. The molecule has 0 radical (unpaired) electrons. The maximum Gasteiger partial charge on any atom is 0.231 e. The van der Waals surface area contributed by atoms with Gasteiger partial charge in [-0.15, -0.1) is 0 Å². The smallest absolute Gasteiger partial charge is 0.231 e. The van der Waals surface area contributed by atoms with Crippen molar-refractivity contribution in [1.29, 1.82) is 0 Å². The second-order valence-electron chi connectivity index (χ2n) is 7.42. The zero-order valence-corrected chi connectivity index (χ0v) is 17.4. The summed E-state index contributed by atoms with van der Waals surface area (Å²) >= 11 is 0. The lowest BCUT2D eigenvalue weighted by Crippen LogP contribution is -2.30. The Kier molecular flexibility index (Phi) is 5.92. The number of methoxy groups -OCH3 is 2. The highest BCUT2D eigenvalue weighted by Crippen LogP contribution is 2.33. The van der Waals surface area contributed by atoms with E-state index in [9.17, 15) is 5.11 Å². The Morgan fingerprint density at radius 2 is 1.87 bits per heavy atom. The molecule has 1 aliphatic rings. The molecule has 0 aliphatic carbocycles. The van der Waals surface area contributed by atoms with Crippen molar-refractivity contribution in [2.45, 2.75) is 26.1 Å². The van der Waals surface area contributed by atoms with E-state index in [-0.39, 0.29) is 6.79 Å². The van der Waals surface area contributed by atoms with Crippen molar-refractivity contribution in [3.05, 3.63) is 53.6 Å². The summed E-state index contributed by atoms with van der Waals surface area (Å²) in [7, 11) is 3.26. The van der Waals surface area contributed by atoms with Crippen molar-refractivity contribution in [2.75, 3.05) is 27.6 Å². The van der Waals surface area contributed by atoms with Crippen molar-refractivity contribution in [1.82, 2.24) is 9.88 Å². The van der Waals surface area contributed by atoms with Crippen molar-refractivity contribution >= 4 is 10.9 Å². The maximum atomic E-state index is 10.0. The normalized spacial score (nSPS) is 13.6. The zero-order chi connectivity index (χ0) is 21.1. The molecule has 0 spiro atoms. The molecule has 1 N–H and O–H groups in total. The Hall–Kier alpha value is -3.03. The lowest BCUT2D eigenvalue weighted by molar-refractivity contribution is 0.117. The monoisotopic (exact) mass is 410 g/mol. The van der Waals surface area contributed by atoms with Crippen LogP contribution in [0.1, 0.15) is 18.1 Å². The highest BCUT2D eigenvalue weighted by atomic mass is 16.7. The van der Waals surface area contributed by atoms with Crippen molar-refractivity contribution in [3.63, 3.8) is 0 Å². The third kappa shape index (κ3) is 4.42. The minimum absolute atomic E-state index is 0.251. The van der Waals surface area contributed by atoms with Gasteiger partial charge in [-0.1, -0.05) is 6.07 Å². The van der Waals surface area contributed by atoms with E-state index >= 15 is 0 Å². The van der Waals surface area contributed by atoms with Gasteiger partial charge < -0.3 is 24.1 Å². The number of hydrogen-bond acceptors (Lipinski definition) is 7. The van der Waals surface area contributed by atoms with Gasteiger partial charge >= 0.3 is 0 Å². The van der Waals surface area contributed by atoms with E-state index < -0.39 is 6.10 Å².